The Morgan fingerprint density at radius 1 is 1.43 bits per heavy atom. The maximum Gasteiger partial charge on any atom is 0.352 e. The van der Waals surface area contributed by atoms with Crippen molar-refractivity contribution in [2.75, 3.05) is 23.0 Å². The second-order valence-corrected chi connectivity index (χ2v) is 7.03. The van der Waals surface area contributed by atoms with E-state index < -0.39 is 12.0 Å². The van der Waals surface area contributed by atoms with Crippen molar-refractivity contribution in [3.63, 3.8) is 0 Å². The highest BCUT2D eigenvalue weighted by molar-refractivity contribution is 8.01. The molecule has 0 aromatic carbocycles. The lowest BCUT2D eigenvalue weighted by Gasteiger charge is -2.48. The van der Waals surface area contributed by atoms with E-state index >= 15 is 0 Å². The highest BCUT2D eigenvalue weighted by atomic mass is 32.2. The summed E-state index contributed by atoms with van der Waals surface area (Å²) in [5.41, 5.74) is 17.5. The summed E-state index contributed by atoms with van der Waals surface area (Å²) in [6.45, 7) is 0. The van der Waals surface area contributed by atoms with Crippen LogP contribution in [-0.4, -0.2) is 54.8 Å². The number of β-lactam (4-membered cyclic amide) rings is 1. The molecule has 1 fully saturated rings. The van der Waals surface area contributed by atoms with Gasteiger partial charge in [0.2, 0.25) is 5.91 Å². The molecule has 1 aromatic rings. The molecule has 7 N–H and O–H groups in total. The summed E-state index contributed by atoms with van der Waals surface area (Å²) in [4.78, 5) is 32.7. The van der Waals surface area contributed by atoms with Crippen molar-refractivity contribution in [1.29, 1.82) is 0 Å². The van der Waals surface area contributed by atoms with Crippen LogP contribution in [-0.2, 0) is 9.59 Å². The van der Waals surface area contributed by atoms with Crippen LogP contribution in [0.2, 0.25) is 0 Å². The first-order valence-corrected chi connectivity index (χ1v) is 8.60. The van der Waals surface area contributed by atoms with Gasteiger partial charge in [0.05, 0.1) is 0 Å². The van der Waals surface area contributed by atoms with E-state index in [0.29, 0.717) is 22.2 Å². The van der Waals surface area contributed by atoms with E-state index in [1.165, 1.54) is 34.5 Å². The van der Waals surface area contributed by atoms with Gasteiger partial charge in [-0.3, -0.25) is 9.69 Å². The van der Waals surface area contributed by atoms with Gasteiger partial charge in [0.25, 0.3) is 0 Å². The second kappa shape index (κ2) is 5.91. The third-order valence-corrected chi connectivity index (χ3v) is 5.71. The summed E-state index contributed by atoms with van der Waals surface area (Å²) < 4.78 is 0. The number of aromatic nitrogens is 2. The maximum atomic E-state index is 11.8. The molecule has 2 aliphatic rings. The molecule has 3 rings (SSSR count). The molecular formula is C12H14N6O3S2. The third kappa shape index (κ3) is 2.82. The Hall–Kier alpha value is -1.98. The normalized spacial score (nSPS) is 23.5. The van der Waals surface area contributed by atoms with Crippen LogP contribution in [0.4, 0.5) is 11.6 Å². The zero-order valence-electron chi connectivity index (χ0n) is 11.8. The number of nitrogens with zero attached hydrogens (tertiary/aromatic N) is 3. The van der Waals surface area contributed by atoms with Crippen LogP contribution in [0.5, 0.6) is 0 Å². The first kappa shape index (κ1) is 15.9. The number of amides is 1. The minimum atomic E-state index is -1.14. The number of carboxylic acid groups (broad SMARTS) is 1. The number of hydrogen-bond donors (Lipinski definition) is 4. The van der Waals surface area contributed by atoms with Crippen molar-refractivity contribution in [3.05, 3.63) is 17.3 Å². The summed E-state index contributed by atoms with van der Waals surface area (Å²) in [5, 5.41) is 9.49. The highest BCUT2D eigenvalue weighted by Gasteiger charge is 2.51. The number of hydrogen-bond acceptors (Lipinski definition) is 9. The van der Waals surface area contributed by atoms with Gasteiger partial charge >= 0.3 is 5.97 Å². The number of fused-ring (bicyclic) bond motifs is 1. The average molecular weight is 354 g/mol. The number of nitrogens with two attached hydrogens (primary N) is 3. The van der Waals surface area contributed by atoms with Crippen molar-refractivity contribution >= 4 is 47.0 Å². The second-order valence-electron chi connectivity index (χ2n) is 4.98. The van der Waals surface area contributed by atoms with Gasteiger partial charge in [-0.2, -0.15) is 0 Å². The Morgan fingerprint density at radius 3 is 2.70 bits per heavy atom. The van der Waals surface area contributed by atoms with Crippen LogP contribution in [0.3, 0.4) is 0 Å². The summed E-state index contributed by atoms with van der Waals surface area (Å²) >= 11 is 2.67. The van der Waals surface area contributed by atoms with Crippen molar-refractivity contribution in [1.82, 2.24) is 14.9 Å². The number of nitrogen functional groups attached to an aromatic ring is 2. The topological polar surface area (TPSA) is 161 Å². The fraction of sp³-hybridized carbons (Fsp3) is 0.333. The lowest BCUT2D eigenvalue weighted by molar-refractivity contribution is -0.147. The molecule has 1 amide bonds. The Labute approximate surface area is 139 Å². The summed E-state index contributed by atoms with van der Waals surface area (Å²) in [5.74, 6) is -0.216. The van der Waals surface area contributed by atoms with E-state index in [1.807, 2.05) is 0 Å². The van der Waals surface area contributed by atoms with Gasteiger partial charge < -0.3 is 22.3 Å². The van der Waals surface area contributed by atoms with Gasteiger partial charge in [-0.05, 0) is 5.57 Å². The average Bonchev–Trinajstić information content (AvgIpc) is 2.50. The largest absolute Gasteiger partial charge is 0.477 e. The molecule has 122 valence electrons. The van der Waals surface area contributed by atoms with Crippen molar-refractivity contribution in [2.45, 2.75) is 16.6 Å². The van der Waals surface area contributed by atoms with Gasteiger partial charge in [-0.15, -0.1) is 11.8 Å². The maximum absolute atomic E-state index is 11.8. The molecule has 23 heavy (non-hydrogen) atoms. The first-order chi connectivity index (χ1) is 10.9. The summed E-state index contributed by atoms with van der Waals surface area (Å²) in [6.07, 6.45) is 0. The Morgan fingerprint density at radius 2 is 2.09 bits per heavy atom. The van der Waals surface area contributed by atoms with Crippen LogP contribution in [0.1, 0.15) is 0 Å². The standard InChI is InChI=1S/C12H14N6O3S2/c13-5-1-6(14)17-12(16-5)23-3-4-2-22-10-7(15)9(19)18(10)8(4)11(20)21/h1,7,10H,2-3,15H2,(H,20,21)(H4,13,14,16,17)/t7?,10-/m1/s1. The highest BCUT2D eigenvalue weighted by Crippen LogP contribution is 2.40. The SMILES string of the molecule is Nc1cc(N)nc(SCC2=C(C(=O)O)N3C(=O)C(N)[C@H]3SC2)n1. The molecule has 1 saturated heterocycles. The van der Waals surface area contributed by atoms with E-state index in [-0.39, 0.29) is 28.6 Å². The van der Waals surface area contributed by atoms with Crippen LogP contribution in [0.15, 0.2) is 22.5 Å². The number of carbonyl (C=O) groups excluding carboxylic acids is 1. The predicted octanol–water partition coefficient (Wildman–Crippen LogP) is -0.686. The summed E-state index contributed by atoms with van der Waals surface area (Å²) in [7, 11) is 0. The number of carboxylic acids is 1. The first-order valence-electron chi connectivity index (χ1n) is 6.57. The Balaban J connectivity index is 1.82. The fourth-order valence-electron chi connectivity index (χ4n) is 2.37. The van der Waals surface area contributed by atoms with Crippen LogP contribution < -0.4 is 17.2 Å². The Bertz CT molecular complexity index is 704. The fourth-order valence-corrected chi connectivity index (χ4v) is 4.67. The van der Waals surface area contributed by atoms with Crippen molar-refractivity contribution in [3.8, 4) is 0 Å². The molecule has 9 nitrogen and oxygen atoms in total. The van der Waals surface area contributed by atoms with Gasteiger partial charge in [-0.1, -0.05) is 11.8 Å². The molecule has 3 heterocycles. The van der Waals surface area contributed by atoms with Crippen molar-refractivity contribution < 1.29 is 14.7 Å². The third-order valence-electron chi connectivity index (χ3n) is 3.41. The van der Waals surface area contributed by atoms with E-state index in [1.54, 1.807) is 0 Å². The monoisotopic (exact) mass is 354 g/mol. The molecule has 2 aliphatic heterocycles. The van der Waals surface area contributed by atoms with Gasteiger partial charge in [0.15, 0.2) is 5.16 Å². The van der Waals surface area contributed by atoms with Crippen LogP contribution in [0.25, 0.3) is 0 Å². The lowest BCUT2D eigenvalue weighted by Crippen LogP contribution is -2.68. The molecule has 0 saturated carbocycles. The molecule has 0 radical (unpaired) electrons. The van der Waals surface area contributed by atoms with Gasteiger partial charge in [0.1, 0.15) is 28.7 Å². The molecule has 11 heteroatoms. The molecule has 0 aliphatic carbocycles. The van der Waals surface area contributed by atoms with Crippen molar-refractivity contribution in [2.24, 2.45) is 5.73 Å². The molecule has 0 bridgehead atoms. The zero-order chi connectivity index (χ0) is 16.7. The minimum absolute atomic E-state index is 0.00447. The van der Waals surface area contributed by atoms with Gasteiger partial charge in [-0.25, -0.2) is 14.8 Å². The predicted molar refractivity (Wildman–Crippen MR) is 87.3 cm³/mol. The van der Waals surface area contributed by atoms with E-state index in [0.717, 1.165) is 0 Å². The van der Waals surface area contributed by atoms with Crippen LogP contribution in [0, 0.1) is 0 Å². The number of thioether (sulfide) groups is 2. The smallest absolute Gasteiger partial charge is 0.352 e. The Kier molecular flexibility index (Phi) is 4.08. The molecule has 0 spiro atoms. The number of aliphatic carboxylic acids is 1. The molecular weight excluding hydrogens is 340 g/mol. The molecule has 1 aromatic heterocycles. The number of carbonyl (C=O) groups is 2. The molecule has 1 unspecified atom stereocenters. The quantitative estimate of drug-likeness (QED) is 0.309. The van der Waals surface area contributed by atoms with E-state index in [4.69, 9.17) is 17.2 Å². The van der Waals surface area contributed by atoms with Crippen LogP contribution >= 0.6 is 23.5 Å². The number of anilines is 2. The van der Waals surface area contributed by atoms with E-state index in [9.17, 15) is 14.7 Å². The lowest BCUT2D eigenvalue weighted by atomic mass is 10.0. The number of rotatable bonds is 4. The van der Waals surface area contributed by atoms with Gasteiger partial charge in [0, 0.05) is 17.6 Å². The summed E-state index contributed by atoms with van der Waals surface area (Å²) in [6, 6.07) is 0.799. The van der Waals surface area contributed by atoms with E-state index in [2.05, 4.69) is 9.97 Å². The zero-order valence-corrected chi connectivity index (χ0v) is 13.4. The minimum Gasteiger partial charge on any atom is -0.477 e. The molecule has 2 atom stereocenters.